The molecule has 4 heteroatoms. The Hall–Kier alpha value is -0.280. The van der Waals surface area contributed by atoms with Crippen molar-refractivity contribution in [1.29, 1.82) is 0 Å². The van der Waals surface area contributed by atoms with Crippen LogP contribution in [0.3, 0.4) is 0 Å². The highest BCUT2D eigenvalue weighted by Crippen LogP contribution is 2.27. The lowest BCUT2D eigenvalue weighted by Crippen LogP contribution is -2.45. The number of hydrogen-bond donors (Lipinski definition) is 1. The van der Waals surface area contributed by atoms with Gasteiger partial charge in [0.2, 0.25) is 0 Å². The van der Waals surface area contributed by atoms with Crippen LogP contribution in [-0.2, 0) is 0 Å². The van der Waals surface area contributed by atoms with Crippen LogP contribution in [0.5, 0.6) is 0 Å². The van der Waals surface area contributed by atoms with Gasteiger partial charge in [0.05, 0.1) is 0 Å². The smallest absolute Gasteiger partial charge is 0.0349 e. The molecule has 110 valence electrons. The van der Waals surface area contributed by atoms with Gasteiger partial charge in [0.15, 0.2) is 0 Å². The van der Waals surface area contributed by atoms with Crippen molar-refractivity contribution < 1.29 is 0 Å². The van der Waals surface area contributed by atoms with Gasteiger partial charge >= 0.3 is 0 Å². The molecule has 2 nitrogen and oxygen atoms in total. The number of nitrogens with zero attached hydrogens (tertiary/aromatic N) is 1. The average molecular weight is 305 g/mol. The third kappa shape index (κ3) is 4.64. The highest BCUT2D eigenvalue weighted by Gasteiger charge is 2.21. The number of piperazine rings is 1. The molecule has 0 aromatic heterocycles. The monoisotopic (exact) mass is 304 g/mol. The molecule has 1 fully saturated rings. The summed E-state index contributed by atoms with van der Waals surface area (Å²) in [5.41, 5.74) is 4.32. The number of rotatable bonds is 3. The zero-order valence-electron chi connectivity index (χ0n) is 12.1. The van der Waals surface area contributed by atoms with E-state index in [0.717, 1.165) is 13.1 Å². The van der Waals surface area contributed by atoms with Crippen LogP contribution >= 0.6 is 24.8 Å². The minimum atomic E-state index is 0. The van der Waals surface area contributed by atoms with Crippen molar-refractivity contribution in [2.75, 3.05) is 26.2 Å². The van der Waals surface area contributed by atoms with Gasteiger partial charge < -0.3 is 5.32 Å². The third-order valence-electron chi connectivity index (χ3n) is 3.76. The Morgan fingerprint density at radius 2 is 1.79 bits per heavy atom. The van der Waals surface area contributed by atoms with Crippen LogP contribution in [0.4, 0.5) is 0 Å². The maximum absolute atomic E-state index is 3.43. The Morgan fingerprint density at radius 1 is 1.16 bits per heavy atom. The molecule has 1 aliphatic rings. The van der Waals surface area contributed by atoms with Crippen LogP contribution < -0.4 is 5.32 Å². The largest absolute Gasteiger partial charge is 0.314 e. The predicted octanol–water partition coefficient (Wildman–Crippen LogP) is 3.50. The first kappa shape index (κ1) is 18.7. The molecule has 0 spiro atoms. The molecule has 1 aliphatic heterocycles. The summed E-state index contributed by atoms with van der Waals surface area (Å²) in [6.45, 7) is 11.3. The minimum absolute atomic E-state index is 0. The van der Waals surface area contributed by atoms with Crippen molar-refractivity contribution in [3.8, 4) is 0 Å². The van der Waals surface area contributed by atoms with Crippen LogP contribution in [0, 0.1) is 13.8 Å². The van der Waals surface area contributed by atoms with E-state index in [2.05, 4.69) is 49.2 Å². The second-order valence-electron chi connectivity index (χ2n) is 5.07. The molecule has 1 aromatic rings. The molecule has 0 amide bonds. The van der Waals surface area contributed by atoms with Crippen molar-refractivity contribution in [1.82, 2.24) is 10.2 Å². The maximum atomic E-state index is 3.43. The molecule has 0 bridgehead atoms. The predicted molar refractivity (Wildman–Crippen MR) is 87.9 cm³/mol. The van der Waals surface area contributed by atoms with Gasteiger partial charge in [0.25, 0.3) is 0 Å². The molecular formula is C15H26Cl2N2. The van der Waals surface area contributed by atoms with Gasteiger partial charge in [-0.15, -0.1) is 24.8 Å². The maximum Gasteiger partial charge on any atom is 0.0349 e. The molecule has 2 rings (SSSR count). The van der Waals surface area contributed by atoms with Gasteiger partial charge in [0.1, 0.15) is 0 Å². The van der Waals surface area contributed by atoms with Crippen LogP contribution in [0.15, 0.2) is 18.2 Å². The quantitative estimate of drug-likeness (QED) is 0.919. The Morgan fingerprint density at radius 3 is 2.32 bits per heavy atom. The summed E-state index contributed by atoms with van der Waals surface area (Å²) in [6.07, 6.45) is 1.20. The van der Waals surface area contributed by atoms with Crippen molar-refractivity contribution in [2.24, 2.45) is 0 Å². The summed E-state index contributed by atoms with van der Waals surface area (Å²) in [7, 11) is 0. The van der Waals surface area contributed by atoms with Gasteiger partial charge in [-0.3, -0.25) is 4.90 Å². The lowest BCUT2D eigenvalue weighted by molar-refractivity contribution is 0.169. The molecule has 1 saturated heterocycles. The van der Waals surface area contributed by atoms with Gasteiger partial charge in [-0.05, 0) is 31.4 Å². The second kappa shape index (κ2) is 8.80. The van der Waals surface area contributed by atoms with Gasteiger partial charge in [0, 0.05) is 32.2 Å². The van der Waals surface area contributed by atoms with E-state index in [0.29, 0.717) is 6.04 Å². The van der Waals surface area contributed by atoms with E-state index in [1.54, 1.807) is 0 Å². The van der Waals surface area contributed by atoms with Crippen LogP contribution in [-0.4, -0.2) is 31.1 Å². The summed E-state index contributed by atoms with van der Waals surface area (Å²) < 4.78 is 0. The standard InChI is InChI=1S/C15H24N2.2ClH/c1-4-15(17-9-7-16-8-10-17)14-6-5-12(2)11-13(14)3;;/h5-6,11,15-16H,4,7-10H2,1-3H3;2*1H/t15-;;/m0../s1. The minimum Gasteiger partial charge on any atom is -0.314 e. The van der Waals surface area contributed by atoms with E-state index in [-0.39, 0.29) is 24.8 Å². The highest BCUT2D eigenvalue weighted by atomic mass is 35.5. The van der Waals surface area contributed by atoms with E-state index in [4.69, 9.17) is 0 Å². The number of hydrogen-bond acceptors (Lipinski definition) is 2. The Balaban J connectivity index is 0.00000162. The zero-order valence-corrected chi connectivity index (χ0v) is 13.7. The van der Waals surface area contributed by atoms with Crippen molar-refractivity contribution in [3.05, 3.63) is 34.9 Å². The van der Waals surface area contributed by atoms with E-state index in [9.17, 15) is 0 Å². The van der Waals surface area contributed by atoms with Crippen molar-refractivity contribution >= 4 is 24.8 Å². The normalized spacial score (nSPS) is 17.2. The molecular weight excluding hydrogens is 279 g/mol. The number of benzene rings is 1. The summed E-state index contributed by atoms with van der Waals surface area (Å²) in [4.78, 5) is 2.62. The molecule has 0 radical (unpaired) electrons. The van der Waals surface area contributed by atoms with Crippen LogP contribution in [0.2, 0.25) is 0 Å². The summed E-state index contributed by atoms with van der Waals surface area (Å²) in [5, 5.41) is 3.43. The number of halogens is 2. The fourth-order valence-corrected chi connectivity index (χ4v) is 2.87. The van der Waals surface area contributed by atoms with Gasteiger partial charge in [-0.25, -0.2) is 0 Å². The summed E-state index contributed by atoms with van der Waals surface area (Å²) in [6, 6.07) is 7.46. The first-order valence-electron chi connectivity index (χ1n) is 6.74. The molecule has 19 heavy (non-hydrogen) atoms. The molecule has 0 saturated carbocycles. The second-order valence-corrected chi connectivity index (χ2v) is 5.07. The lowest BCUT2D eigenvalue weighted by atomic mass is 9.96. The SMILES string of the molecule is CC[C@@H](c1ccc(C)cc1C)N1CCNCC1.Cl.Cl. The number of aryl methyl sites for hydroxylation is 2. The topological polar surface area (TPSA) is 15.3 Å². The Kier molecular flexibility index (Phi) is 8.67. The molecule has 1 N–H and O–H groups in total. The van der Waals surface area contributed by atoms with Gasteiger partial charge in [-0.2, -0.15) is 0 Å². The first-order valence-corrected chi connectivity index (χ1v) is 6.74. The molecule has 1 heterocycles. The van der Waals surface area contributed by atoms with E-state index in [1.807, 2.05) is 0 Å². The van der Waals surface area contributed by atoms with Crippen LogP contribution in [0.1, 0.15) is 36.1 Å². The zero-order chi connectivity index (χ0) is 12.3. The average Bonchev–Trinajstić information content (AvgIpc) is 2.34. The summed E-state index contributed by atoms with van der Waals surface area (Å²) in [5.74, 6) is 0. The molecule has 0 aliphatic carbocycles. The van der Waals surface area contributed by atoms with Crippen molar-refractivity contribution in [2.45, 2.75) is 33.2 Å². The van der Waals surface area contributed by atoms with E-state index < -0.39 is 0 Å². The summed E-state index contributed by atoms with van der Waals surface area (Å²) >= 11 is 0. The van der Waals surface area contributed by atoms with Gasteiger partial charge in [-0.1, -0.05) is 30.7 Å². The molecule has 0 unspecified atom stereocenters. The lowest BCUT2D eigenvalue weighted by Gasteiger charge is -2.35. The fourth-order valence-electron chi connectivity index (χ4n) is 2.87. The first-order chi connectivity index (χ1) is 8.22. The van der Waals surface area contributed by atoms with Crippen LogP contribution in [0.25, 0.3) is 0 Å². The third-order valence-corrected chi connectivity index (χ3v) is 3.76. The number of nitrogens with one attached hydrogen (secondary N) is 1. The van der Waals surface area contributed by atoms with Crippen molar-refractivity contribution in [3.63, 3.8) is 0 Å². The van der Waals surface area contributed by atoms with E-state index >= 15 is 0 Å². The fraction of sp³-hybridized carbons (Fsp3) is 0.600. The van der Waals surface area contributed by atoms with E-state index in [1.165, 1.54) is 36.2 Å². The Labute approximate surface area is 129 Å². The Bertz CT molecular complexity index is 376. The molecule has 1 aromatic carbocycles. The molecule has 1 atom stereocenters. The highest BCUT2D eigenvalue weighted by molar-refractivity contribution is 5.85.